The molecule has 0 aliphatic rings. The number of aromatic nitrogens is 4. The van der Waals surface area contributed by atoms with Gasteiger partial charge in [-0.1, -0.05) is 18.2 Å². The Morgan fingerprint density at radius 3 is 2.52 bits per heavy atom. The van der Waals surface area contributed by atoms with Crippen molar-refractivity contribution < 1.29 is 4.39 Å². The van der Waals surface area contributed by atoms with Crippen LogP contribution in [0, 0.1) is 17.1 Å². The van der Waals surface area contributed by atoms with Crippen molar-refractivity contribution in [3.8, 4) is 28.5 Å². The maximum absolute atomic E-state index is 13.4. The molecule has 0 radical (unpaired) electrons. The van der Waals surface area contributed by atoms with Crippen LogP contribution in [0.25, 0.3) is 22.4 Å². The van der Waals surface area contributed by atoms with E-state index < -0.39 is 5.82 Å². The first-order valence-electron chi connectivity index (χ1n) is 10.2. The maximum Gasteiger partial charge on any atom is 0.260 e. The molecule has 4 N–H and O–H groups in total. The van der Waals surface area contributed by atoms with Crippen LogP contribution in [0.2, 0.25) is 0 Å². The number of pyridine rings is 2. The molecule has 3 heterocycles. The van der Waals surface area contributed by atoms with Crippen LogP contribution in [0.5, 0.6) is 0 Å². The van der Waals surface area contributed by atoms with Crippen LogP contribution >= 0.6 is 0 Å². The number of halogens is 1. The lowest BCUT2D eigenvalue weighted by atomic mass is 10.0. The zero-order chi connectivity index (χ0) is 23.2. The average Bonchev–Trinajstić information content (AvgIpc) is 2.84. The van der Waals surface area contributed by atoms with Gasteiger partial charge in [-0.25, -0.2) is 14.4 Å². The van der Waals surface area contributed by atoms with Gasteiger partial charge in [-0.05, 0) is 47.9 Å². The molecule has 0 fully saturated rings. The second kappa shape index (κ2) is 9.80. The molecule has 0 amide bonds. The Morgan fingerprint density at radius 1 is 1.09 bits per heavy atom. The van der Waals surface area contributed by atoms with Crippen molar-refractivity contribution in [2.24, 2.45) is 5.73 Å². The van der Waals surface area contributed by atoms with Crippen molar-refractivity contribution in [1.82, 2.24) is 19.9 Å². The second-order valence-corrected chi connectivity index (χ2v) is 7.39. The van der Waals surface area contributed by atoms with Gasteiger partial charge < -0.3 is 11.1 Å². The van der Waals surface area contributed by atoms with Gasteiger partial charge in [-0.3, -0.25) is 14.8 Å². The maximum atomic E-state index is 13.4. The summed E-state index contributed by atoms with van der Waals surface area (Å²) in [6, 6.07) is 14.3. The minimum absolute atomic E-state index is 0.270. The van der Waals surface area contributed by atoms with Gasteiger partial charge in [0.25, 0.3) is 5.56 Å². The Hall–Kier alpha value is -4.42. The molecule has 4 rings (SSSR count). The molecule has 33 heavy (non-hydrogen) atoms. The van der Waals surface area contributed by atoms with Gasteiger partial charge in [-0.2, -0.15) is 5.26 Å². The van der Waals surface area contributed by atoms with Gasteiger partial charge in [0.1, 0.15) is 17.6 Å². The molecule has 0 bridgehead atoms. The fourth-order valence-corrected chi connectivity index (χ4v) is 3.37. The van der Waals surface area contributed by atoms with E-state index in [1.165, 1.54) is 12.1 Å². The third kappa shape index (κ3) is 5.26. The van der Waals surface area contributed by atoms with Crippen molar-refractivity contribution in [2.45, 2.75) is 12.5 Å². The van der Waals surface area contributed by atoms with Crippen LogP contribution in [0.4, 0.5) is 10.3 Å². The number of anilines is 1. The number of H-pyrrole nitrogens is 1. The number of nitriles is 1. The minimum atomic E-state index is -0.390. The first-order chi connectivity index (χ1) is 16.0. The number of benzene rings is 1. The summed E-state index contributed by atoms with van der Waals surface area (Å²) in [7, 11) is 0. The smallest absolute Gasteiger partial charge is 0.260 e. The van der Waals surface area contributed by atoms with Crippen molar-refractivity contribution in [3.05, 3.63) is 94.5 Å². The zero-order valence-corrected chi connectivity index (χ0v) is 17.5. The Balaban J connectivity index is 1.59. The minimum Gasteiger partial charge on any atom is -0.354 e. The van der Waals surface area contributed by atoms with Gasteiger partial charge in [0.05, 0.1) is 11.3 Å². The molecule has 0 spiro atoms. The third-order valence-corrected chi connectivity index (χ3v) is 4.97. The van der Waals surface area contributed by atoms with E-state index in [4.69, 9.17) is 11.0 Å². The summed E-state index contributed by atoms with van der Waals surface area (Å²) in [5.41, 5.74) is 9.13. The summed E-state index contributed by atoms with van der Waals surface area (Å²) in [5.74, 6) is -0.121. The summed E-state index contributed by atoms with van der Waals surface area (Å²) < 4.78 is 13.4. The molecular weight excluding hydrogens is 421 g/mol. The summed E-state index contributed by atoms with van der Waals surface area (Å²) in [4.78, 5) is 28.4. The van der Waals surface area contributed by atoms with E-state index >= 15 is 0 Å². The Labute approximate surface area is 189 Å². The summed E-state index contributed by atoms with van der Waals surface area (Å²) in [5, 5.41) is 11.9. The second-order valence-electron chi connectivity index (χ2n) is 7.39. The predicted octanol–water partition coefficient (Wildman–Crippen LogP) is 2.89. The molecule has 0 aliphatic heterocycles. The fourth-order valence-electron chi connectivity index (χ4n) is 3.37. The Kier molecular flexibility index (Phi) is 6.48. The molecular formula is C24H20FN7O. The van der Waals surface area contributed by atoms with Crippen molar-refractivity contribution >= 4 is 5.95 Å². The largest absolute Gasteiger partial charge is 0.354 e. The predicted molar refractivity (Wildman–Crippen MR) is 123 cm³/mol. The number of nitrogens with two attached hydrogens (primary N) is 1. The van der Waals surface area contributed by atoms with Crippen molar-refractivity contribution in [1.29, 1.82) is 5.26 Å². The van der Waals surface area contributed by atoms with E-state index in [1.807, 2.05) is 12.1 Å². The summed E-state index contributed by atoms with van der Waals surface area (Å²) >= 11 is 0. The highest BCUT2D eigenvalue weighted by Crippen LogP contribution is 2.28. The van der Waals surface area contributed by atoms with E-state index in [2.05, 4.69) is 25.3 Å². The number of nitrogens with zero attached hydrogens (tertiary/aromatic N) is 4. The van der Waals surface area contributed by atoms with Gasteiger partial charge in [0, 0.05) is 36.7 Å². The first kappa shape index (κ1) is 21.8. The molecule has 1 unspecified atom stereocenters. The standard InChI is InChI=1S/C24H20FN7O/c25-18-4-2-16(3-5-18)21-22(17-7-9-28-10-8-17)31-24(32-23(21)33)30-14-19(27)11-15-1-6-20(12-26)29-13-15/h1-10,13,19H,11,14,27H2,(H2,30,31,32,33). The molecule has 3 aromatic heterocycles. The van der Waals surface area contributed by atoms with Crippen molar-refractivity contribution in [3.63, 3.8) is 0 Å². The van der Waals surface area contributed by atoms with Crippen LogP contribution < -0.4 is 16.6 Å². The van der Waals surface area contributed by atoms with Crippen LogP contribution in [-0.4, -0.2) is 32.5 Å². The average molecular weight is 441 g/mol. The molecule has 164 valence electrons. The fraction of sp³-hybridized carbons (Fsp3) is 0.125. The van der Waals surface area contributed by atoms with E-state index in [0.717, 1.165) is 5.56 Å². The van der Waals surface area contributed by atoms with Crippen LogP contribution in [0.3, 0.4) is 0 Å². The topological polar surface area (TPSA) is 133 Å². The number of rotatable bonds is 7. The number of nitrogens with one attached hydrogen (secondary N) is 2. The molecule has 9 heteroatoms. The molecule has 0 saturated heterocycles. The molecule has 8 nitrogen and oxygen atoms in total. The molecule has 0 aliphatic carbocycles. The number of hydrogen-bond donors (Lipinski definition) is 3. The van der Waals surface area contributed by atoms with Gasteiger partial charge in [0.2, 0.25) is 5.95 Å². The van der Waals surface area contributed by atoms with Crippen LogP contribution in [0.15, 0.2) is 71.9 Å². The first-order valence-corrected chi connectivity index (χ1v) is 10.2. The summed E-state index contributed by atoms with van der Waals surface area (Å²) in [6.07, 6.45) is 5.38. The van der Waals surface area contributed by atoms with Gasteiger partial charge in [-0.15, -0.1) is 0 Å². The zero-order valence-electron chi connectivity index (χ0n) is 17.5. The monoisotopic (exact) mass is 441 g/mol. The summed E-state index contributed by atoms with van der Waals surface area (Å²) in [6.45, 7) is 0.342. The Bertz CT molecular complexity index is 1330. The third-order valence-electron chi connectivity index (χ3n) is 4.97. The lowest BCUT2D eigenvalue weighted by molar-refractivity contribution is 0.628. The normalized spacial score (nSPS) is 11.5. The van der Waals surface area contributed by atoms with Gasteiger partial charge in [0.15, 0.2) is 0 Å². The van der Waals surface area contributed by atoms with E-state index in [1.54, 1.807) is 48.9 Å². The number of hydrogen-bond acceptors (Lipinski definition) is 7. The van der Waals surface area contributed by atoms with Crippen LogP contribution in [-0.2, 0) is 6.42 Å². The van der Waals surface area contributed by atoms with Crippen LogP contribution in [0.1, 0.15) is 11.3 Å². The van der Waals surface area contributed by atoms with E-state index in [0.29, 0.717) is 41.0 Å². The highest BCUT2D eigenvalue weighted by molar-refractivity contribution is 5.80. The van der Waals surface area contributed by atoms with E-state index in [-0.39, 0.29) is 17.5 Å². The molecule has 4 aromatic rings. The van der Waals surface area contributed by atoms with Gasteiger partial charge >= 0.3 is 0 Å². The SMILES string of the molecule is N#Cc1ccc(CC(N)CNc2nc(-c3ccncc3)c(-c3ccc(F)cc3)c(=O)[nH]2)cn1. The highest BCUT2D eigenvalue weighted by Gasteiger charge is 2.16. The lowest BCUT2D eigenvalue weighted by Gasteiger charge is -2.15. The quantitative estimate of drug-likeness (QED) is 0.401. The molecule has 1 aromatic carbocycles. The number of aromatic amines is 1. The lowest BCUT2D eigenvalue weighted by Crippen LogP contribution is -2.32. The van der Waals surface area contributed by atoms with Crippen molar-refractivity contribution in [2.75, 3.05) is 11.9 Å². The highest BCUT2D eigenvalue weighted by atomic mass is 19.1. The molecule has 1 atom stereocenters. The van der Waals surface area contributed by atoms with E-state index in [9.17, 15) is 9.18 Å². The Morgan fingerprint density at radius 2 is 1.85 bits per heavy atom. The molecule has 0 saturated carbocycles.